The molecule has 0 aromatic heterocycles. The van der Waals surface area contributed by atoms with Crippen molar-refractivity contribution in [1.82, 2.24) is 9.80 Å². The van der Waals surface area contributed by atoms with Crippen LogP contribution in [0.4, 0.5) is 21.0 Å². The average molecular weight is 360 g/mol. The number of amides is 4. The number of ether oxygens (including phenoxy) is 1. The van der Waals surface area contributed by atoms with Gasteiger partial charge in [-0.2, -0.15) is 0 Å². The van der Waals surface area contributed by atoms with Crippen LogP contribution in [0.3, 0.4) is 0 Å². The van der Waals surface area contributed by atoms with Gasteiger partial charge < -0.3 is 19.9 Å². The molecule has 2 aliphatic heterocycles. The lowest BCUT2D eigenvalue weighted by molar-refractivity contribution is -0.121. The van der Waals surface area contributed by atoms with Crippen LogP contribution < -0.4 is 10.2 Å². The first-order valence-electron chi connectivity index (χ1n) is 8.77. The lowest BCUT2D eigenvalue weighted by atomic mass is 9.96. The second-order valence-electron chi connectivity index (χ2n) is 6.74. The number of nitrogens with zero attached hydrogens (tertiary/aromatic N) is 3. The molecule has 2 heterocycles. The summed E-state index contributed by atoms with van der Waals surface area (Å²) >= 11 is 0. The number of hydrogen-bond acceptors (Lipinski definition) is 4. The van der Waals surface area contributed by atoms with Crippen molar-refractivity contribution in [2.45, 2.75) is 12.8 Å². The van der Waals surface area contributed by atoms with Crippen LogP contribution >= 0.6 is 0 Å². The van der Waals surface area contributed by atoms with E-state index >= 15 is 0 Å². The first kappa shape index (κ1) is 18.0. The minimum atomic E-state index is -0.369. The van der Waals surface area contributed by atoms with Gasteiger partial charge in [-0.1, -0.05) is 6.07 Å². The normalized spacial score (nSPS) is 17.8. The highest BCUT2D eigenvalue weighted by Crippen LogP contribution is 2.24. The van der Waals surface area contributed by atoms with Crippen molar-refractivity contribution in [2.24, 2.45) is 5.92 Å². The summed E-state index contributed by atoms with van der Waals surface area (Å²) in [6, 6.07) is 7.17. The fourth-order valence-electron chi connectivity index (χ4n) is 3.24. The third-order valence-corrected chi connectivity index (χ3v) is 4.71. The molecule has 140 valence electrons. The number of rotatable bonds is 3. The smallest absolute Gasteiger partial charge is 0.414 e. The van der Waals surface area contributed by atoms with E-state index in [1.165, 1.54) is 0 Å². The molecule has 2 aliphatic rings. The zero-order valence-corrected chi connectivity index (χ0v) is 15.1. The molecule has 8 heteroatoms. The first-order chi connectivity index (χ1) is 12.5. The van der Waals surface area contributed by atoms with E-state index in [9.17, 15) is 14.4 Å². The molecule has 2 saturated heterocycles. The second kappa shape index (κ2) is 7.63. The standard InChI is InChI=1S/C18H24N4O4/c1-20(2)17(24)21-8-6-13(7-9-21)16(23)19-14-4-3-5-15(12-14)22-10-11-26-18(22)25/h3-5,12-13H,6-11H2,1-2H3,(H,19,23). The fourth-order valence-corrected chi connectivity index (χ4v) is 3.24. The number of carbonyl (C=O) groups excluding carboxylic acids is 3. The molecule has 2 fully saturated rings. The Morgan fingerprint density at radius 1 is 1.19 bits per heavy atom. The quantitative estimate of drug-likeness (QED) is 0.893. The van der Waals surface area contributed by atoms with Gasteiger partial charge in [0, 0.05) is 44.5 Å². The van der Waals surface area contributed by atoms with Crippen LogP contribution in [-0.2, 0) is 9.53 Å². The van der Waals surface area contributed by atoms with Gasteiger partial charge in [0.05, 0.1) is 6.54 Å². The Morgan fingerprint density at radius 3 is 2.54 bits per heavy atom. The monoisotopic (exact) mass is 360 g/mol. The van der Waals surface area contributed by atoms with Crippen LogP contribution in [0.1, 0.15) is 12.8 Å². The summed E-state index contributed by atoms with van der Waals surface area (Å²) in [7, 11) is 3.45. The summed E-state index contributed by atoms with van der Waals surface area (Å²) < 4.78 is 4.95. The van der Waals surface area contributed by atoms with Crippen molar-refractivity contribution < 1.29 is 19.1 Å². The maximum absolute atomic E-state index is 12.5. The number of carbonyl (C=O) groups is 3. The highest BCUT2D eigenvalue weighted by Gasteiger charge is 2.28. The van der Waals surface area contributed by atoms with Crippen molar-refractivity contribution >= 4 is 29.4 Å². The van der Waals surface area contributed by atoms with Gasteiger partial charge in [-0.25, -0.2) is 9.59 Å². The number of nitrogens with one attached hydrogen (secondary N) is 1. The van der Waals surface area contributed by atoms with E-state index in [0.717, 1.165) is 0 Å². The molecule has 8 nitrogen and oxygen atoms in total. The highest BCUT2D eigenvalue weighted by atomic mass is 16.6. The van der Waals surface area contributed by atoms with Crippen LogP contribution in [0.15, 0.2) is 24.3 Å². The van der Waals surface area contributed by atoms with E-state index in [1.54, 1.807) is 47.0 Å². The summed E-state index contributed by atoms with van der Waals surface area (Å²) in [5.41, 5.74) is 1.36. The van der Waals surface area contributed by atoms with E-state index in [2.05, 4.69) is 5.32 Å². The van der Waals surface area contributed by atoms with Gasteiger partial charge >= 0.3 is 12.1 Å². The maximum atomic E-state index is 12.5. The molecule has 1 N–H and O–H groups in total. The molecular formula is C18H24N4O4. The van der Waals surface area contributed by atoms with E-state index in [-0.39, 0.29) is 23.9 Å². The van der Waals surface area contributed by atoms with Crippen molar-refractivity contribution in [1.29, 1.82) is 0 Å². The van der Waals surface area contributed by atoms with Crippen LogP contribution in [0, 0.1) is 5.92 Å². The largest absolute Gasteiger partial charge is 0.447 e. The molecule has 0 radical (unpaired) electrons. The molecule has 0 bridgehead atoms. The van der Waals surface area contributed by atoms with Crippen LogP contribution in [0.5, 0.6) is 0 Å². The SMILES string of the molecule is CN(C)C(=O)N1CCC(C(=O)Nc2cccc(N3CCOC3=O)c2)CC1. The van der Waals surface area contributed by atoms with Gasteiger partial charge in [0.15, 0.2) is 0 Å². The third-order valence-electron chi connectivity index (χ3n) is 4.71. The second-order valence-corrected chi connectivity index (χ2v) is 6.74. The Labute approximate surface area is 152 Å². The van der Waals surface area contributed by atoms with Crippen LogP contribution in [0.25, 0.3) is 0 Å². The zero-order valence-electron chi connectivity index (χ0n) is 15.1. The van der Waals surface area contributed by atoms with E-state index in [4.69, 9.17) is 4.74 Å². The summed E-state index contributed by atoms with van der Waals surface area (Å²) in [5, 5.41) is 2.93. The fraction of sp³-hybridized carbons (Fsp3) is 0.500. The van der Waals surface area contributed by atoms with E-state index in [1.807, 2.05) is 6.07 Å². The van der Waals surface area contributed by atoms with Gasteiger partial charge in [-0.05, 0) is 31.0 Å². The topological polar surface area (TPSA) is 82.2 Å². The van der Waals surface area contributed by atoms with Crippen LogP contribution in [0.2, 0.25) is 0 Å². The molecular weight excluding hydrogens is 336 g/mol. The lowest BCUT2D eigenvalue weighted by Gasteiger charge is -2.33. The van der Waals surface area contributed by atoms with Gasteiger partial charge in [-0.15, -0.1) is 0 Å². The zero-order chi connectivity index (χ0) is 18.7. The predicted molar refractivity (Wildman–Crippen MR) is 97.1 cm³/mol. The number of likely N-dealkylation sites (tertiary alicyclic amines) is 1. The molecule has 0 saturated carbocycles. The molecule has 0 atom stereocenters. The minimum Gasteiger partial charge on any atom is -0.447 e. The molecule has 1 aromatic rings. The molecule has 1 aromatic carbocycles. The number of anilines is 2. The van der Waals surface area contributed by atoms with Crippen molar-refractivity contribution in [3.8, 4) is 0 Å². The average Bonchev–Trinajstić information content (AvgIpc) is 3.07. The Morgan fingerprint density at radius 2 is 1.92 bits per heavy atom. The minimum absolute atomic E-state index is 0.0194. The van der Waals surface area contributed by atoms with Crippen molar-refractivity contribution in [2.75, 3.05) is 50.6 Å². The molecule has 0 unspecified atom stereocenters. The molecule has 0 aliphatic carbocycles. The van der Waals surface area contributed by atoms with Crippen LogP contribution in [-0.4, -0.2) is 68.2 Å². The van der Waals surface area contributed by atoms with Gasteiger partial charge in [0.1, 0.15) is 6.61 Å². The Hall–Kier alpha value is -2.77. The number of benzene rings is 1. The molecule has 3 rings (SSSR count). The van der Waals surface area contributed by atoms with E-state index in [0.29, 0.717) is 50.5 Å². The van der Waals surface area contributed by atoms with Crippen molar-refractivity contribution in [3.63, 3.8) is 0 Å². The maximum Gasteiger partial charge on any atom is 0.414 e. The number of cyclic esters (lactones) is 1. The highest BCUT2D eigenvalue weighted by molar-refractivity contribution is 5.95. The van der Waals surface area contributed by atoms with Crippen molar-refractivity contribution in [3.05, 3.63) is 24.3 Å². The van der Waals surface area contributed by atoms with Gasteiger partial charge in [0.2, 0.25) is 5.91 Å². The molecule has 4 amide bonds. The Kier molecular flexibility index (Phi) is 5.29. The summed E-state index contributed by atoms with van der Waals surface area (Å²) in [5.74, 6) is -0.176. The summed E-state index contributed by atoms with van der Waals surface area (Å²) in [4.78, 5) is 41.0. The number of piperidine rings is 1. The number of urea groups is 1. The lowest BCUT2D eigenvalue weighted by Crippen LogP contribution is -2.45. The molecule has 0 spiro atoms. The Bertz CT molecular complexity index is 698. The summed E-state index contributed by atoms with van der Waals surface area (Å²) in [6.45, 7) is 2.04. The Balaban J connectivity index is 1.57. The first-order valence-corrected chi connectivity index (χ1v) is 8.77. The van der Waals surface area contributed by atoms with Gasteiger partial charge in [-0.3, -0.25) is 9.69 Å². The third kappa shape index (κ3) is 3.89. The van der Waals surface area contributed by atoms with Gasteiger partial charge in [0.25, 0.3) is 0 Å². The number of hydrogen-bond donors (Lipinski definition) is 1. The summed E-state index contributed by atoms with van der Waals surface area (Å²) in [6.07, 6.45) is 0.916. The predicted octanol–water partition coefficient (Wildman–Crippen LogP) is 1.98. The van der Waals surface area contributed by atoms with E-state index < -0.39 is 0 Å². The molecule has 26 heavy (non-hydrogen) atoms.